The van der Waals surface area contributed by atoms with Gasteiger partial charge in [0.25, 0.3) is 5.69 Å². The van der Waals surface area contributed by atoms with Crippen molar-refractivity contribution < 1.29 is 19.9 Å². The summed E-state index contributed by atoms with van der Waals surface area (Å²) in [7, 11) is 0. The Morgan fingerprint density at radius 1 is 1.53 bits per heavy atom. The molecule has 0 radical (unpaired) electrons. The van der Waals surface area contributed by atoms with Gasteiger partial charge in [-0.2, -0.15) is 0 Å². The first-order valence-electron chi connectivity index (χ1n) is 3.88. The largest absolute Gasteiger partial charge is 0.479 e. The van der Waals surface area contributed by atoms with E-state index in [1.165, 1.54) is 6.07 Å². The second-order valence-corrected chi connectivity index (χ2v) is 2.82. The Labute approximate surface area is 83.9 Å². The van der Waals surface area contributed by atoms with Crippen LogP contribution in [0.5, 0.6) is 0 Å². The van der Waals surface area contributed by atoms with Crippen LogP contribution in [0.25, 0.3) is 0 Å². The molecule has 1 aromatic rings. The fourth-order valence-electron chi connectivity index (χ4n) is 1.09. The lowest BCUT2D eigenvalue weighted by atomic mass is 10.1. The topological polar surface area (TPSA) is 127 Å². The van der Waals surface area contributed by atoms with Crippen molar-refractivity contribution in [3.8, 4) is 0 Å². The first-order valence-corrected chi connectivity index (χ1v) is 3.88. The number of aliphatic carboxylic acids is 1. The van der Waals surface area contributed by atoms with Gasteiger partial charge in [-0.05, 0) is 12.1 Å². The zero-order valence-electron chi connectivity index (χ0n) is 7.45. The molecule has 0 bridgehead atoms. The molecule has 0 fully saturated rings. The molecule has 0 aliphatic heterocycles. The van der Waals surface area contributed by atoms with Crippen molar-refractivity contribution in [2.75, 3.05) is 5.73 Å². The number of aliphatic hydroxyl groups excluding tert-OH is 1. The summed E-state index contributed by atoms with van der Waals surface area (Å²) in [5, 5.41) is 28.2. The third-order valence-electron chi connectivity index (χ3n) is 1.78. The number of rotatable bonds is 3. The highest BCUT2D eigenvalue weighted by atomic mass is 16.6. The molecule has 1 rings (SSSR count). The minimum atomic E-state index is -1.95. The molecule has 0 aliphatic rings. The highest BCUT2D eigenvalue weighted by Gasteiger charge is 2.25. The van der Waals surface area contributed by atoms with Crippen LogP contribution in [0.2, 0.25) is 0 Å². The van der Waals surface area contributed by atoms with Gasteiger partial charge in [0.15, 0.2) is 6.10 Å². The molecule has 0 saturated carbocycles. The molecular formula is C8H8N2O5. The van der Waals surface area contributed by atoms with Crippen molar-refractivity contribution in [2.45, 2.75) is 6.10 Å². The SMILES string of the molecule is Nc1ccc([N+](=O)[O-])c(C(O)C(=O)O)c1. The highest BCUT2D eigenvalue weighted by molar-refractivity contribution is 5.76. The van der Waals surface area contributed by atoms with Gasteiger partial charge in [0, 0.05) is 11.8 Å². The molecule has 1 unspecified atom stereocenters. The van der Waals surface area contributed by atoms with Crippen LogP contribution in [-0.2, 0) is 4.79 Å². The Bertz CT molecular complexity index is 417. The lowest BCUT2D eigenvalue weighted by Crippen LogP contribution is -2.12. The van der Waals surface area contributed by atoms with Crippen molar-refractivity contribution in [2.24, 2.45) is 0 Å². The van der Waals surface area contributed by atoms with Gasteiger partial charge in [0.2, 0.25) is 0 Å². The van der Waals surface area contributed by atoms with Gasteiger partial charge >= 0.3 is 5.97 Å². The van der Waals surface area contributed by atoms with Crippen molar-refractivity contribution in [3.63, 3.8) is 0 Å². The maximum absolute atomic E-state index is 10.5. The number of nitro benzene ring substituents is 1. The van der Waals surface area contributed by atoms with E-state index in [-0.39, 0.29) is 11.3 Å². The summed E-state index contributed by atoms with van der Waals surface area (Å²) >= 11 is 0. The fourth-order valence-corrected chi connectivity index (χ4v) is 1.09. The molecule has 0 aromatic heterocycles. The molecular weight excluding hydrogens is 204 g/mol. The summed E-state index contributed by atoms with van der Waals surface area (Å²) in [6.07, 6.45) is -1.95. The summed E-state index contributed by atoms with van der Waals surface area (Å²) in [5.41, 5.74) is 4.69. The van der Waals surface area contributed by atoms with E-state index < -0.39 is 22.7 Å². The summed E-state index contributed by atoms with van der Waals surface area (Å²) < 4.78 is 0. The monoisotopic (exact) mass is 212 g/mol. The highest BCUT2D eigenvalue weighted by Crippen LogP contribution is 2.27. The lowest BCUT2D eigenvalue weighted by molar-refractivity contribution is -0.386. The van der Waals surface area contributed by atoms with Crippen LogP contribution in [0.4, 0.5) is 11.4 Å². The second-order valence-electron chi connectivity index (χ2n) is 2.82. The Morgan fingerprint density at radius 2 is 2.13 bits per heavy atom. The number of aliphatic hydroxyl groups is 1. The molecule has 4 N–H and O–H groups in total. The molecule has 1 atom stereocenters. The lowest BCUT2D eigenvalue weighted by Gasteiger charge is -2.07. The van der Waals surface area contributed by atoms with Crippen molar-refractivity contribution in [3.05, 3.63) is 33.9 Å². The molecule has 7 nitrogen and oxygen atoms in total. The zero-order chi connectivity index (χ0) is 11.6. The summed E-state index contributed by atoms with van der Waals surface area (Å²) in [6, 6.07) is 3.38. The van der Waals surface area contributed by atoms with E-state index >= 15 is 0 Å². The quantitative estimate of drug-likeness (QED) is 0.375. The Kier molecular flexibility index (Phi) is 2.86. The van der Waals surface area contributed by atoms with Gasteiger partial charge in [-0.3, -0.25) is 10.1 Å². The van der Waals surface area contributed by atoms with E-state index in [0.29, 0.717) is 0 Å². The first kappa shape index (κ1) is 10.9. The van der Waals surface area contributed by atoms with Crippen LogP contribution < -0.4 is 5.73 Å². The van der Waals surface area contributed by atoms with Gasteiger partial charge in [0.1, 0.15) is 0 Å². The minimum Gasteiger partial charge on any atom is -0.479 e. The number of anilines is 1. The molecule has 1 aromatic carbocycles. The van der Waals surface area contributed by atoms with Gasteiger partial charge < -0.3 is 15.9 Å². The average Bonchev–Trinajstić information content (AvgIpc) is 2.15. The third kappa shape index (κ3) is 2.20. The minimum absolute atomic E-state index is 0.149. The van der Waals surface area contributed by atoms with Crippen molar-refractivity contribution in [1.82, 2.24) is 0 Å². The Balaban J connectivity index is 3.30. The van der Waals surface area contributed by atoms with Crippen molar-refractivity contribution >= 4 is 17.3 Å². The Hall–Kier alpha value is -2.15. The molecule has 15 heavy (non-hydrogen) atoms. The fraction of sp³-hybridized carbons (Fsp3) is 0.125. The number of nitro groups is 1. The van der Waals surface area contributed by atoms with E-state index in [9.17, 15) is 20.0 Å². The number of carboxylic acids is 1. The predicted molar refractivity (Wildman–Crippen MR) is 50.1 cm³/mol. The molecule has 0 amide bonds. The third-order valence-corrected chi connectivity index (χ3v) is 1.78. The van der Waals surface area contributed by atoms with E-state index in [1.54, 1.807) is 0 Å². The summed E-state index contributed by atoms with van der Waals surface area (Å²) in [5.74, 6) is -1.57. The number of nitrogen functional groups attached to an aromatic ring is 1. The molecule has 0 spiro atoms. The molecule has 0 saturated heterocycles. The van der Waals surface area contributed by atoms with Gasteiger partial charge in [-0.15, -0.1) is 0 Å². The van der Waals surface area contributed by atoms with Crippen LogP contribution in [0.15, 0.2) is 18.2 Å². The molecule has 7 heteroatoms. The first-order chi connectivity index (χ1) is 6.93. The number of nitrogens with two attached hydrogens (primary N) is 1. The number of hydrogen-bond acceptors (Lipinski definition) is 5. The van der Waals surface area contributed by atoms with E-state index in [4.69, 9.17) is 10.8 Å². The maximum Gasteiger partial charge on any atom is 0.337 e. The molecule has 0 aliphatic carbocycles. The Morgan fingerprint density at radius 3 is 2.60 bits per heavy atom. The number of benzene rings is 1. The van der Waals surface area contributed by atoms with Crippen LogP contribution in [0.3, 0.4) is 0 Å². The predicted octanol–water partition coefficient (Wildman–Crippen LogP) is 0.295. The summed E-state index contributed by atoms with van der Waals surface area (Å²) in [4.78, 5) is 20.2. The van der Waals surface area contributed by atoms with Gasteiger partial charge in [-0.1, -0.05) is 0 Å². The van der Waals surface area contributed by atoms with Gasteiger partial charge in [-0.25, -0.2) is 4.79 Å². The zero-order valence-corrected chi connectivity index (χ0v) is 7.45. The number of nitrogens with zero attached hydrogens (tertiary/aromatic N) is 1. The van der Waals surface area contributed by atoms with Crippen LogP contribution in [0, 0.1) is 10.1 Å². The van der Waals surface area contributed by atoms with Crippen LogP contribution >= 0.6 is 0 Å². The molecule has 80 valence electrons. The number of carbonyl (C=O) groups is 1. The van der Waals surface area contributed by atoms with Crippen LogP contribution in [-0.4, -0.2) is 21.1 Å². The normalized spacial score (nSPS) is 12.1. The number of carboxylic acid groups (broad SMARTS) is 1. The smallest absolute Gasteiger partial charge is 0.337 e. The van der Waals surface area contributed by atoms with Gasteiger partial charge in [0.05, 0.1) is 10.5 Å². The standard InChI is InChI=1S/C8H8N2O5/c9-4-1-2-6(10(14)15)5(3-4)7(11)8(12)13/h1-3,7,11H,9H2,(H,12,13). The maximum atomic E-state index is 10.5. The van der Waals surface area contributed by atoms with Crippen molar-refractivity contribution in [1.29, 1.82) is 0 Å². The summed E-state index contributed by atoms with van der Waals surface area (Å²) in [6.45, 7) is 0. The number of hydrogen-bond donors (Lipinski definition) is 3. The van der Waals surface area contributed by atoms with E-state index in [0.717, 1.165) is 12.1 Å². The molecule has 0 heterocycles. The van der Waals surface area contributed by atoms with E-state index in [2.05, 4.69) is 0 Å². The second kappa shape index (κ2) is 3.93. The van der Waals surface area contributed by atoms with Crippen LogP contribution in [0.1, 0.15) is 11.7 Å². The van der Waals surface area contributed by atoms with E-state index in [1.807, 2.05) is 0 Å². The average molecular weight is 212 g/mol.